The number of hydrogen-bond donors (Lipinski definition) is 1. The van der Waals surface area contributed by atoms with E-state index in [0.29, 0.717) is 38.6 Å². The highest BCUT2D eigenvalue weighted by atomic mass is 35.5. The summed E-state index contributed by atoms with van der Waals surface area (Å²) in [6.07, 6.45) is 4.47. The van der Waals surface area contributed by atoms with E-state index in [2.05, 4.69) is 26.1 Å². The molecular weight excluding hydrogens is 544 g/mol. The van der Waals surface area contributed by atoms with Gasteiger partial charge in [-0.1, -0.05) is 50.6 Å². The van der Waals surface area contributed by atoms with E-state index in [1.165, 1.54) is 12.0 Å². The van der Waals surface area contributed by atoms with Crippen LogP contribution in [-0.2, 0) is 17.6 Å². The van der Waals surface area contributed by atoms with E-state index in [0.717, 1.165) is 30.5 Å². The van der Waals surface area contributed by atoms with Gasteiger partial charge >= 0.3 is 5.97 Å². The summed E-state index contributed by atoms with van der Waals surface area (Å²) in [5, 5.41) is 4.02. The van der Waals surface area contributed by atoms with Crippen LogP contribution >= 0.6 is 22.9 Å². The maximum absolute atomic E-state index is 13.5. The van der Waals surface area contributed by atoms with E-state index in [-0.39, 0.29) is 16.9 Å². The van der Waals surface area contributed by atoms with Gasteiger partial charge in [0.15, 0.2) is 0 Å². The molecule has 0 spiro atoms. The number of nitrogens with zero attached hydrogens (tertiary/aromatic N) is 1. The fourth-order valence-corrected chi connectivity index (χ4v) is 6.46. The largest absolute Gasteiger partial charge is 0.465 e. The molecule has 1 aliphatic rings. The van der Waals surface area contributed by atoms with Crippen LogP contribution in [-0.4, -0.2) is 25.2 Å². The molecule has 0 saturated heterocycles. The highest BCUT2D eigenvalue weighted by molar-refractivity contribution is 7.16. The molecule has 0 aliphatic heterocycles. The Morgan fingerprint density at radius 1 is 1.12 bits per heavy atom. The number of esters is 1. The van der Waals surface area contributed by atoms with Crippen LogP contribution in [0.5, 0.6) is 0 Å². The van der Waals surface area contributed by atoms with E-state index in [1.807, 2.05) is 36.4 Å². The molecule has 5 rings (SSSR count). The van der Waals surface area contributed by atoms with E-state index >= 15 is 0 Å². The van der Waals surface area contributed by atoms with Gasteiger partial charge in [-0.2, -0.15) is 0 Å². The number of rotatable bonds is 6. The number of para-hydroxylation sites is 1. The topological polar surface area (TPSA) is 80.9 Å². The van der Waals surface area contributed by atoms with Gasteiger partial charge < -0.3 is 14.5 Å². The number of furan rings is 1. The maximum Gasteiger partial charge on any atom is 0.339 e. The van der Waals surface area contributed by atoms with E-state index < -0.39 is 5.97 Å². The molecule has 1 N–H and O–H groups in total. The SMILES string of the molecule is COC(=O)c1cc(-c2ccc(C=Nc3sc4c(c3C(=O)Nc3ccccc3)CC[C@@H](C(C)(C)C)C4)o2)ccc1Cl. The monoisotopic (exact) mass is 574 g/mol. The predicted molar refractivity (Wildman–Crippen MR) is 161 cm³/mol. The number of benzene rings is 2. The fourth-order valence-electron chi connectivity index (χ4n) is 5.00. The van der Waals surface area contributed by atoms with E-state index in [4.69, 9.17) is 25.7 Å². The second kappa shape index (κ2) is 11.4. The van der Waals surface area contributed by atoms with Gasteiger partial charge in [-0.15, -0.1) is 11.3 Å². The van der Waals surface area contributed by atoms with Crippen LogP contribution in [0.15, 0.2) is 70.1 Å². The van der Waals surface area contributed by atoms with Crippen molar-refractivity contribution in [3.8, 4) is 11.3 Å². The maximum atomic E-state index is 13.5. The highest BCUT2D eigenvalue weighted by Gasteiger charge is 2.33. The third kappa shape index (κ3) is 5.91. The summed E-state index contributed by atoms with van der Waals surface area (Å²) < 4.78 is 10.8. The summed E-state index contributed by atoms with van der Waals surface area (Å²) >= 11 is 7.75. The third-order valence-electron chi connectivity index (χ3n) is 7.32. The van der Waals surface area contributed by atoms with Crippen molar-refractivity contribution in [1.29, 1.82) is 0 Å². The van der Waals surface area contributed by atoms with Gasteiger partial charge in [0.25, 0.3) is 5.91 Å². The molecular formula is C32H31ClN2O4S. The lowest BCUT2D eigenvalue weighted by Crippen LogP contribution is -2.27. The van der Waals surface area contributed by atoms with Gasteiger partial charge in [-0.25, -0.2) is 9.79 Å². The molecule has 1 amide bonds. The van der Waals surface area contributed by atoms with Crippen molar-refractivity contribution in [3.63, 3.8) is 0 Å². The molecule has 2 aromatic carbocycles. The Hall–Kier alpha value is -3.68. The van der Waals surface area contributed by atoms with Crippen molar-refractivity contribution in [3.05, 3.63) is 93.0 Å². The average molecular weight is 575 g/mol. The first-order valence-electron chi connectivity index (χ1n) is 13.2. The van der Waals surface area contributed by atoms with Gasteiger partial charge in [-0.05, 0) is 78.6 Å². The summed E-state index contributed by atoms with van der Waals surface area (Å²) in [5.74, 6) is 0.961. The molecule has 0 saturated carbocycles. The molecule has 6 nitrogen and oxygen atoms in total. The molecule has 206 valence electrons. The number of carbonyl (C=O) groups excluding carboxylic acids is 2. The first kappa shape index (κ1) is 27.9. The Bertz CT molecular complexity index is 1580. The minimum absolute atomic E-state index is 0.151. The van der Waals surface area contributed by atoms with Crippen molar-refractivity contribution in [2.24, 2.45) is 16.3 Å². The number of anilines is 1. The zero-order chi connectivity index (χ0) is 28.4. The molecule has 1 aliphatic carbocycles. The Balaban J connectivity index is 1.46. The lowest BCUT2D eigenvalue weighted by Gasteiger charge is -2.33. The number of halogens is 1. The summed E-state index contributed by atoms with van der Waals surface area (Å²) in [7, 11) is 1.31. The second-order valence-corrected chi connectivity index (χ2v) is 12.4. The molecule has 40 heavy (non-hydrogen) atoms. The quantitative estimate of drug-likeness (QED) is 0.185. The standard InChI is InChI=1S/C32H31ClN2O4S/c1-32(2,3)20-11-13-23-27(17-20)40-30(28(23)29(36)35-21-8-6-5-7-9-21)34-18-22-12-15-26(39-22)19-10-14-25(33)24(16-19)31(37)38-4/h5-10,12,14-16,18,20H,11,13,17H2,1-4H3,(H,35,36)/t20-/m1/s1. The first-order valence-corrected chi connectivity index (χ1v) is 14.4. The predicted octanol–water partition coefficient (Wildman–Crippen LogP) is 8.60. The summed E-state index contributed by atoms with van der Waals surface area (Å²) in [5.41, 5.74) is 3.63. The van der Waals surface area contributed by atoms with Crippen LogP contribution in [0.2, 0.25) is 5.02 Å². The molecule has 8 heteroatoms. The average Bonchev–Trinajstić information content (AvgIpc) is 3.56. The Morgan fingerprint density at radius 2 is 1.90 bits per heavy atom. The zero-order valence-electron chi connectivity index (χ0n) is 22.9. The Morgan fingerprint density at radius 3 is 2.62 bits per heavy atom. The number of thiophene rings is 1. The van der Waals surface area contributed by atoms with Crippen molar-refractivity contribution in [2.45, 2.75) is 40.0 Å². The summed E-state index contributed by atoms with van der Waals surface area (Å²) in [6, 6.07) is 18.1. The number of ether oxygens (including phenoxy) is 1. The lowest BCUT2D eigenvalue weighted by atomic mass is 9.72. The molecule has 2 heterocycles. The molecule has 1 atom stereocenters. The second-order valence-electron chi connectivity index (χ2n) is 11.0. The van der Waals surface area contributed by atoms with Crippen LogP contribution in [0.3, 0.4) is 0 Å². The van der Waals surface area contributed by atoms with Crippen molar-refractivity contribution in [2.75, 3.05) is 12.4 Å². The third-order valence-corrected chi connectivity index (χ3v) is 8.81. The summed E-state index contributed by atoms with van der Waals surface area (Å²) in [4.78, 5) is 31.6. The van der Waals surface area contributed by atoms with Crippen molar-refractivity contribution >= 4 is 51.7 Å². The number of fused-ring (bicyclic) bond motifs is 1. The van der Waals surface area contributed by atoms with Crippen LogP contribution < -0.4 is 5.32 Å². The Labute approximate surface area is 243 Å². The fraction of sp³-hybridized carbons (Fsp3) is 0.281. The minimum atomic E-state index is -0.517. The lowest BCUT2D eigenvalue weighted by molar-refractivity contribution is 0.0601. The van der Waals surface area contributed by atoms with Crippen LogP contribution in [0.4, 0.5) is 10.7 Å². The number of aliphatic imine (C=N–C) groups is 1. The normalized spacial score (nSPS) is 15.2. The van der Waals surface area contributed by atoms with E-state index in [1.54, 1.807) is 41.8 Å². The van der Waals surface area contributed by atoms with Gasteiger partial charge in [0, 0.05) is 16.1 Å². The molecule has 2 aromatic heterocycles. The summed E-state index contributed by atoms with van der Waals surface area (Å²) in [6.45, 7) is 6.84. The van der Waals surface area contributed by atoms with E-state index in [9.17, 15) is 9.59 Å². The molecule has 4 aromatic rings. The molecule has 0 unspecified atom stereocenters. The van der Waals surface area contributed by atoms with Gasteiger partial charge in [0.1, 0.15) is 16.5 Å². The molecule has 0 fully saturated rings. The van der Waals surface area contributed by atoms with Crippen molar-refractivity contribution in [1.82, 2.24) is 0 Å². The number of nitrogens with one attached hydrogen (secondary N) is 1. The molecule has 0 bridgehead atoms. The number of hydrogen-bond acceptors (Lipinski definition) is 6. The Kier molecular flexibility index (Phi) is 7.97. The van der Waals surface area contributed by atoms with Gasteiger partial charge in [0.2, 0.25) is 0 Å². The zero-order valence-corrected chi connectivity index (χ0v) is 24.5. The smallest absolute Gasteiger partial charge is 0.339 e. The van der Waals surface area contributed by atoms with Crippen LogP contribution in [0, 0.1) is 11.3 Å². The number of amides is 1. The minimum Gasteiger partial charge on any atom is -0.465 e. The van der Waals surface area contributed by atoms with Gasteiger partial charge in [-0.3, -0.25) is 4.79 Å². The van der Waals surface area contributed by atoms with Crippen LogP contribution in [0.1, 0.15) is 64.1 Å². The first-order chi connectivity index (χ1) is 19.1. The van der Waals surface area contributed by atoms with Crippen LogP contribution in [0.25, 0.3) is 11.3 Å². The number of methoxy groups -OCH3 is 1. The number of carbonyl (C=O) groups is 2. The van der Waals surface area contributed by atoms with Gasteiger partial charge in [0.05, 0.1) is 29.5 Å². The molecule has 0 radical (unpaired) electrons. The van der Waals surface area contributed by atoms with Crippen molar-refractivity contribution < 1.29 is 18.7 Å². The highest BCUT2D eigenvalue weighted by Crippen LogP contribution is 2.45.